The molecular weight excluding hydrogens is 280 g/mol. The molecule has 0 heterocycles. The number of nitrogens with one attached hydrogen (secondary N) is 1. The fraction of sp³-hybridized carbons (Fsp3) is 0.833. The van der Waals surface area contributed by atoms with Crippen molar-refractivity contribution in [3.05, 3.63) is 0 Å². The van der Waals surface area contributed by atoms with E-state index in [4.69, 9.17) is 32.6 Å². The molecule has 2 atom stereocenters. The number of carbonyl (C=O) groups is 2. The van der Waals surface area contributed by atoms with E-state index in [1.165, 1.54) is 0 Å². The van der Waals surface area contributed by atoms with Crippen LogP contribution < -0.4 is 22.7 Å². The quantitative estimate of drug-likeness (QED) is 0.187. The van der Waals surface area contributed by atoms with Crippen LogP contribution in [0.5, 0.6) is 0 Å². The normalized spacial score (nSPS) is 13.0. The van der Waals surface area contributed by atoms with Gasteiger partial charge in [-0.2, -0.15) is 5.48 Å². The molecule has 0 aliphatic rings. The number of hydroxylamine groups is 1. The zero-order valence-electron chi connectivity index (χ0n) is 12.2. The zero-order valence-corrected chi connectivity index (χ0v) is 12.2. The lowest BCUT2D eigenvalue weighted by atomic mass is 10.1. The monoisotopic (exact) mass is 308 g/mol. The van der Waals surface area contributed by atoms with Gasteiger partial charge in [-0.3, -0.25) is 9.59 Å². The first-order valence-electron chi connectivity index (χ1n) is 6.91. The van der Waals surface area contributed by atoms with Crippen molar-refractivity contribution >= 4 is 11.9 Å². The van der Waals surface area contributed by atoms with E-state index in [1.54, 1.807) is 5.48 Å². The number of nitrogens with two attached hydrogens (primary N) is 3. The third kappa shape index (κ3) is 15.0. The smallest absolute Gasteiger partial charge is 0.323 e. The standard InChI is InChI=1S/C6H14N2O3.C6H14N2O2/c7-4-2-1-3-5(8-11)6(9)10;7-4-2-1-3-5(8)6(9)10/h5,8,11H,1-4,7H2,(H,9,10);5H,1-4,7-8H2,(H,9,10)/t2*5-/m00/s1. The Morgan fingerprint density at radius 3 is 1.71 bits per heavy atom. The molecule has 0 bridgehead atoms. The highest BCUT2D eigenvalue weighted by Gasteiger charge is 2.14. The molecule has 0 fully saturated rings. The lowest BCUT2D eigenvalue weighted by Gasteiger charge is -2.08. The van der Waals surface area contributed by atoms with Gasteiger partial charge in [-0.15, -0.1) is 0 Å². The van der Waals surface area contributed by atoms with Crippen LogP contribution in [-0.2, 0) is 9.59 Å². The molecule has 0 saturated carbocycles. The molecule has 0 rings (SSSR count). The van der Waals surface area contributed by atoms with Crippen LogP contribution >= 0.6 is 0 Å². The topological polar surface area (TPSA) is 185 Å². The molecule has 0 radical (unpaired) electrons. The van der Waals surface area contributed by atoms with Crippen LogP contribution in [0.3, 0.4) is 0 Å². The van der Waals surface area contributed by atoms with Crippen molar-refractivity contribution in [2.75, 3.05) is 13.1 Å². The predicted octanol–water partition coefficient (Wildman–Crippen LogP) is -0.925. The Hall–Kier alpha value is -1.26. The molecule has 0 aromatic carbocycles. The Bertz CT molecular complexity index is 278. The van der Waals surface area contributed by atoms with Gasteiger partial charge in [-0.1, -0.05) is 6.42 Å². The van der Waals surface area contributed by atoms with E-state index in [1.807, 2.05) is 0 Å². The number of hydrogen-bond donors (Lipinski definition) is 7. The molecule has 0 aliphatic heterocycles. The molecule has 21 heavy (non-hydrogen) atoms. The zero-order chi connectivity index (χ0) is 16.7. The van der Waals surface area contributed by atoms with Crippen LogP contribution in [-0.4, -0.2) is 52.5 Å². The Morgan fingerprint density at radius 2 is 1.38 bits per heavy atom. The van der Waals surface area contributed by atoms with Crippen molar-refractivity contribution in [3.8, 4) is 0 Å². The van der Waals surface area contributed by atoms with Gasteiger partial charge in [0.25, 0.3) is 0 Å². The molecule has 0 aliphatic carbocycles. The number of hydrogen-bond acceptors (Lipinski definition) is 7. The fourth-order valence-corrected chi connectivity index (χ4v) is 1.37. The van der Waals surface area contributed by atoms with Crippen LogP contribution in [0.25, 0.3) is 0 Å². The molecule has 9 nitrogen and oxygen atoms in total. The van der Waals surface area contributed by atoms with Gasteiger partial charge in [0.2, 0.25) is 0 Å². The van der Waals surface area contributed by atoms with Crippen molar-refractivity contribution in [1.82, 2.24) is 5.48 Å². The third-order valence-electron chi connectivity index (χ3n) is 2.69. The van der Waals surface area contributed by atoms with Crippen LogP contribution in [0.15, 0.2) is 0 Å². The highest BCUT2D eigenvalue weighted by molar-refractivity contribution is 5.73. The van der Waals surface area contributed by atoms with Crippen LogP contribution in [0.1, 0.15) is 38.5 Å². The van der Waals surface area contributed by atoms with E-state index in [-0.39, 0.29) is 0 Å². The molecule has 0 unspecified atom stereocenters. The number of rotatable bonds is 11. The van der Waals surface area contributed by atoms with Crippen molar-refractivity contribution in [1.29, 1.82) is 0 Å². The van der Waals surface area contributed by atoms with Crippen molar-refractivity contribution in [2.45, 2.75) is 50.6 Å². The summed E-state index contributed by atoms with van der Waals surface area (Å²) in [7, 11) is 0. The predicted molar refractivity (Wildman–Crippen MR) is 77.8 cm³/mol. The second-order valence-electron chi connectivity index (χ2n) is 4.53. The summed E-state index contributed by atoms with van der Waals surface area (Å²) in [5.41, 5.74) is 17.3. The van der Waals surface area contributed by atoms with E-state index >= 15 is 0 Å². The summed E-state index contributed by atoms with van der Waals surface area (Å²) in [5, 5.41) is 25.1. The SMILES string of the molecule is NCCCC[C@H](N)C(=O)O.NCCCC[C@H](NO)C(=O)O. The second-order valence-corrected chi connectivity index (χ2v) is 4.53. The largest absolute Gasteiger partial charge is 0.480 e. The van der Waals surface area contributed by atoms with Gasteiger partial charge in [-0.05, 0) is 45.2 Å². The first kappa shape index (κ1) is 22.0. The Labute approximate surface area is 124 Å². The molecule has 0 aromatic rings. The molecule has 0 saturated heterocycles. The van der Waals surface area contributed by atoms with Gasteiger partial charge in [0.05, 0.1) is 0 Å². The maximum absolute atomic E-state index is 10.3. The van der Waals surface area contributed by atoms with Gasteiger partial charge in [0.15, 0.2) is 0 Å². The maximum atomic E-state index is 10.3. The summed E-state index contributed by atoms with van der Waals surface area (Å²) >= 11 is 0. The summed E-state index contributed by atoms with van der Waals surface area (Å²) in [4.78, 5) is 20.4. The summed E-state index contributed by atoms with van der Waals surface area (Å²) in [6.07, 6.45) is 4.06. The molecule has 0 spiro atoms. The van der Waals surface area contributed by atoms with E-state index in [0.29, 0.717) is 32.4 Å². The fourth-order valence-electron chi connectivity index (χ4n) is 1.37. The van der Waals surface area contributed by atoms with Gasteiger partial charge >= 0.3 is 11.9 Å². The summed E-state index contributed by atoms with van der Waals surface area (Å²) in [6.45, 7) is 1.16. The first-order valence-corrected chi connectivity index (χ1v) is 6.91. The van der Waals surface area contributed by atoms with Crippen LogP contribution in [0, 0.1) is 0 Å². The van der Waals surface area contributed by atoms with Crippen molar-refractivity contribution < 1.29 is 25.0 Å². The third-order valence-corrected chi connectivity index (χ3v) is 2.69. The van der Waals surface area contributed by atoms with Gasteiger partial charge in [-0.25, -0.2) is 0 Å². The van der Waals surface area contributed by atoms with E-state index in [9.17, 15) is 9.59 Å². The molecule has 0 amide bonds. The highest BCUT2D eigenvalue weighted by Crippen LogP contribution is 1.99. The molecule has 126 valence electrons. The van der Waals surface area contributed by atoms with Gasteiger partial charge < -0.3 is 32.6 Å². The van der Waals surface area contributed by atoms with Gasteiger partial charge in [0.1, 0.15) is 12.1 Å². The summed E-state index contributed by atoms with van der Waals surface area (Å²) in [5.74, 6) is -1.97. The maximum Gasteiger partial charge on any atom is 0.323 e. The number of aliphatic carboxylic acids is 2. The minimum atomic E-state index is -1.04. The average Bonchev–Trinajstić information content (AvgIpc) is 2.44. The van der Waals surface area contributed by atoms with Crippen LogP contribution in [0.4, 0.5) is 0 Å². The molecular formula is C12H28N4O5. The van der Waals surface area contributed by atoms with E-state index in [0.717, 1.165) is 19.3 Å². The van der Waals surface area contributed by atoms with Gasteiger partial charge in [0, 0.05) is 0 Å². The Morgan fingerprint density at radius 1 is 0.905 bits per heavy atom. The second kappa shape index (κ2) is 15.1. The molecule has 0 aromatic heterocycles. The minimum Gasteiger partial charge on any atom is -0.480 e. The number of unbranched alkanes of at least 4 members (excludes halogenated alkanes) is 2. The van der Waals surface area contributed by atoms with Crippen LogP contribution in [0.2, 0.25) is 0 Å². The number of carboxylic acids is 2. The molecule has 10 N–H and O–H groups in total. The van der Waals surface area contributed by atoms with Crippen molar-refractivity contribution in [2.24, 2.45) is 17.2 Å². The summed E-state index contributed by atoms with van der Waals surface area (Å²) < 4.78 is 0. The average molecular weight is 308 g/mol. The number of carboxylic acid groups (broad SMARTS) is 2. The van der Waals surface area contributed by atoms with E-state index in [2.05, 4.69) is 0 Å². The Balaban J connectivity index is 0. The van der Waals surface area contributed by atoms with Crippen molar-refractivity contribution in [3.63, 3.8) is 0 Å². The summed E-state index contributed by atoms with van der Waals surface area (Å²) in [6, 6.07) is -1.58. The minimum absolute atomic E-state index is 0.406. The lowest BCUT2D eigenvalue weighted by molar-refractivity contribution is -0.142. The van der Waals surface area contributed by atoms with E-state index < -0.39 is 24.0 Å². The Kier molecular flexibility index (Phi) is 15.9. The first-order chi connectivity index (χ1) is 9.90. The molecule has 9 heteroatoms. The lowest BCUT2D eigenvalue weighted by Crippen LogP contribution is -2.34. The highest BCUT2D eigenvalue weighted by atomic mass is 16.5.